The molecular weight excluding hydrogens is 210 g/mol. The summed E-state index contributed by atoms with van der Waals surface area (Å²) >= 11 is 1.55. The zero-order valence-corrected chi connectivity index (χ0v) is 9.11. The Labute approximate surface area is 91.9 Å². The number of benzene rings is 1. The van der Waals surface area contributed by atoms with E-state index in [1.807, 2.05) is 31.4 Å². The summed E-state index contributed by atoms with van der Waals surface area (Å²) in [5.41, 5.74) is 0.908. The lowest BCUT2D eigenvalue weighted by molar-refractivity contribution is 0.462. The molecule has 1 aromatic heterocycles. The van der Waals surface area contributed by atoms with Crippen molar-refractivity contribution in [2.45, 2.75) is 10.6 Å². The van der Waals surface area contributed by atoms with Gasteiger partial charge in [0.2, 0.25) is 0 Å². The third-order valence-corrected chi connectivity index (χ3v) is 2.99. The van der Waals surface area contributed by atoms with Crippen LogP contribution in [0.1, 0.15) is 5.69 Å². The van der Waals surface area contributed by atoms with Crippen molar-refractivity contribution >= 4 is 11.8 Å². The Morgan fingerprint density at radius 2 is 2.20 bits per heavy atom. The van der Waals surface area contributed by atoms with Gasteiger partial charge < -0.3 is 5.11 Å². The maximum Gasteiger partial charge on any atom is 0.129 e. The van der Waals surface area contributed by atoms with Gasteiger partial charge in [-0.05, 0) is 12.1 Å². The van der Waals surface area contributed by atoms with Crippen LogP contribution in [0.2, 0.25) is 0 Å². The van der Waals surface area contributed by atoms with E-state index in [1.54, 1.807) is 22.5 Å². The van der Waals surface area contributed by atoms with Gasteiger partial charge in [0.15, 0.2) is 0 Å². The first kappa shape index (κ1) is 10.0. The minimum Gasteiger partial charge on any atom is -0.507 e. The molecule has 1 aromatic carbocycles. The van der Waals surface area contributed by atoms with Crippen LogP contribution >= 0.6 is 11.8 Å². The second kappa shape index (κ2) is 4.35. The smallest absolute Gasteiger partial charge is 0.129 e. The summed E-state index contributed by atoms with van der Waals surface area (Å²) in [6.07, 6.45) is 1.87. The molecule has 2 aromatic rings. The second-order valence-electron chi connectivity index (χ2n) is 3.14. The van der Waals surface area contributed by atoms with Crippen molar-refractivity contribution in [2.24, 2.45) is 7.05 Å². The normalized spacial score (nSPS) is 10.5. The fourth-order valence-electron chi connectivity index (χ4n) is 1.19. The molecule has 0 atom stereocenters. The number of hydrogen-bond donors (Lipinski definition) is 1. The minimum atomic E-state index is 0.311. The number of hydrogen-bond acceptors (Lipinski definition) is 4. The molecule has 4 nitrogen and oxygen atoms in total. The Morgan fingerprint density at radius 3 is 2.87 bits per heavy atom. The summed E-state index contributed by atoms with van der Waals surface area (Å²) in [5.74, 6) is 1.03. The van der Waals surface area contributed by atoms with E-state index in [4.69, 9.17) is 0 Å². The van der Waals surface area contributed by atoms with Crippen molar-refractivity contribution < 1.29 is 5.11 Å². The predicted octanol–water partition coefficient (Wildman–Crippen LogP) is 1.81. The van der Waals surface area contributed by atoms with Crippen LogP contribution in [0.3, 0.4) is 0 Å². The number of thioether (sulfide) groups is 1. The Balaban J connectivity index is 2.02. The maximum absolute atomic E-state index is 9.53. The van der Waals surface area contributed by atoms with Crippen molar-refractivity contribution in [3.8, 4) is 5.75 Å². The summed E-state index contributed by atoms with van der Waals surface area (Å²) in [6.45, 7) is 0. The van der Waals surface area contributed by atoms with Gasteiger partial charge in [-0.25, -0.2) is 0 Å². The average molecular weight is 221 g/mol. The molecule has 1 heterocycles. The van der Waals surface area contributed by atoms with Crippen LogP contribution in [0, 0.1) is 0 Å². The largest absolute Gasteiger partial charge is 0.507 e. The topological polar surface area (TPSA) is 50.9 Å². The monoisotopic (exact) mass is 221 g/mol. The highest BCUT2D eigenvalue weighted by Gasteiger charge is 2.03. The van der Waals surface area contributed by atoms with Gasteiger partial charge in [-0.2, -0.15) is 0 Å². The average Bonchev–Trinajstić information content (AvgIpc) is 2.63. The third kappa shape index (κ3) is 2.50. The number of para-hydroxylation sites is 1. The Hall–Kier alpha value is -1.49. The molecule has 0 aliphatic rings. The molecule has 0 aliphatic carbocycles. The number of aromatic hydroxyl groups is 1. The highest BCUT2D eigenvalue weighted by Crippen LogP contribution is 2.29. The summed E-state index contributed by atoms with van der Waals surface area (Å²) in [4.78, 5) is 0.864. The standard InChI is InChI=1S/C10H11N3OS/c1-13-6-8(11-12-13)7-15-10-5-3-2-4-9(10)14/h2-6,14H,7H2,1H3. The van der Waals surface area contributed by atoms with Crippen LogP contribution in [0.15, 0.2) is 35.4 Å². The predicted molar refractivity (Wildman–Crippen MR) is 58.7 cm³/mol. The summed E-state index contributed by atoms with van der Waals surface area (Å²) in [5, 5.41) is 17.3. The zero-order valence-electron chi connectivity index (χ0n) is 8.29. The van der Waals surface area contributed by atoms with Crippen LogP contribution in [0.5, 0.6) is 5.75 Å². The highest BCUT2D eigenvalue weighted by atomic mass is 32.2. The summed E-state index contributed by atoms with van der Waals surface area (Å²) < 4.78 is 1.67. The fraction of sp³-hybridized carbons (Fsp3) is 0.200. The number of aryl methyl sites for hydroxylation is 1. The van der Waals surface area contributed by atoms with Crippen LogP contribution in [-0.4, -0.2) is 20.1 Å². The van der Waals surface area contributed by atoms with Crippen molar-refractivity contribution in [3.63, 3.8) is 0 Å². The lowest BCUT2D eigenvalue weighted by Gasteiger charge is -2.01. The third-order valence-electron chi connectivity index (χ3n) is 1.89. The number of aromatic nitrogens is 3. The van der Waals surface area contributed by atoms with Gasteiger partial charge >= 0.3 is 0 Å². The first-order chi connectivity index (χ1) is 7.25. The van der Waals surface area contributed by atoms with E-state index in [9.17, 15) is 5.11 Å². The molecule has 0 aliphatic heterocycles. The molecule has 1 N–H and O–H groups in total. The molecule has 78 valence electrons. The molecule has 15 heavy (non-hydrogen) atoms. The molecule has 0 saturated heterocycles. The number of rotatable bonds is 3. The van der Waals surface area contributed by atoms with E-state index in [-0.39, 0.29) is 0 Å². The van der Waals surface area contributed by atoms with Crippen LogP contribution in [0.25, 0.3) is 0 Å². The van der Waals surface area contributed by atoms with Gasteiger partial charge in [0, 0.05) is 23.9 Å². The number of phenols is 1. The number of nitrogens with zero attached hydrogens (tertiary/aromatic N) is 3. The van der Waals surface area contributed by atoms with Gasteiger partial charge in [-0.15, -0.1) is 16.9 Å². The van der Waals surface area contributed by atoms with Crippen LogP contribution < -0.4 is 0 Å². The highest BCUT2D eigenvalue weighted by molar-refractivity contribution is 7.98. The SMILES string of the molecule is Cn1cc(CSc2ccccc2O)nn1. The molecule has 0 saturated carbocycles. The molecule has 0 bridgehead atoms. The fourth-order valence-corrected chi connectivity index (χ4v) is 2.02. The van der Waals surface area contributed by atoms with E-state index in [0.717, 1.165) is 10.6 Å². The van der Waals surface area contributed by atoms with E-state index in [0.29, 0.717) is 11.5 Å². The van der Waals surface area contributed by atoms with Crippen molar-refractivity contribution in [1.29, 1.82) is 0 Å². The first-order valence-electron chi connectivity index (χ1n) is 4.52. The lowest BCUT2D eigenvalue weighted by Crippen LogP contribution is -1.85. The molecule has 0 spiro atoms. The van der Waals surface area contributed by atoms with E-state index >= 15 is 0 Å². The van der Waals surface area contributed by atoms with Crippen LogP contribution in [0.4, 0.5) is 0 Å². The molecule has 0 radical (unpaired) electrons. The van der Waals surface area contributed by atoms with Gasteiger partial charge in [0.25, 0.3) is 0 Å². The Morgan fingerprint density at radius 1 is 1.40 bits per heavy atom. The lowest BCUT2D eigenvalue weighted by atomic mass is 10.3. The van der Waals surface area contributed by atoms with E-state index in [1.165, 1.54) is 0 Å². The van der Waals surface area contributed by atoms with Crippen LogP contribution in [-0.2, 0) is 12.8 Å². The summed E-state index contributed by atoms with van der Waals surface area (Å²) in [7, 11) is 1.83. The van der Waals surface area contributed by atoms with Crippen molar-refractivity contribution in [1.82, 2.24) is 15.0 Å². The van der Waals surface area contributed by atoms with Gasteiger partial charge in [0.1, 0.15) is 5.75 Å². The molecule has 2 rings (SSSR count). The molecule has 0 amide bonds. The van der Waals surface area contributed by atoms with E-state index < -0.39 is 0 Å². The minimum absolute atomic E-state index is 0.311. The van der Waals surface area contributed by atoms with Crippen molar-refractivity contribution in [2.75, 3.05) is 0 Å². The van der Waals surface area contributed by atoms with Crippen molar-refractivity contribution in [3.05, 3.63) is 36.2 Å². The maximum atomic E-state index is 9.53. The summed E-state index contributed by atoms with van der Waals surface area (Å²) in [6, 6.07) is 7.27. The molecule has 0 fully saturated rings. The van der Waals surface area contributed by atoms with E-state index in [2.05, 4.69) is 10.3 Å². The Bertz CT molecular complexity index is 455. The van der Waals surface area contributed by atoms with Gasteiger partial charge in [-0.3, -0.25) is 4.68 Å². The van der Waals surface area contributed by atoms with Gasteiger partial charge in [-0.1, -0.05) is 17.3 Å². The molecule has 5 heteroatoms. The number of phenolic OH excluding ortho intramolecular Hbond substituents is 1. The zero-order chi connectivity index (χ0) is 10.7. The molecule has 0 unspecified atom stereocenters. The quantitative estimate of drug-likeness (QED) is 0.803. The Kier molecular flexibility index (Phi) is 2.91. The van der Waals surface area contributed by atoms with Gasteiger partial charge in [0.05, 0.1) is 5.69 Å². The second-order valence-corrected chi connectivity index (χ2v) is 4.16. The molecular formula is C10H11N3OS. The first-order valence-corrected chi connectivity index (χ1v) is 5.50.